The highest BCUT2D eigenvalue weighted by Crippen LogP contribution is 2.25. The lowest BCUT2D eigenvalue weighted by Gasteiger charge is -2.32. The van der Waals surface area contributed by atoms with E-state index >= 15 is 0 Å². The molecule has 1 N–H and O–H groups in total. The molecule has 1 atom stereocenters. The molecule has 0 saturated carbocycles. The van der Waals surface area contributed by atoms with E-state index in [9.17, 15) is 4.79 Å². The summed E-state index contributed by atoms with van der Waals surface area (Å²) in [6.07, 6.45) is 0. The number of aromatic amines is 1. The highest BCUT2D eigenvalue weighted by atomic mass is 35.5. The highest BCUT2D eigenvalue weighted by molar-refractivity contribution is 8.00. The van der Waals surface area contributed by atoms with Gasteiger partial charge in [-0.15, -0.1) is 5.10 Å². The highest BCUT2D eigenvalue weighted by Gasteiger charge is 2.26. The summed E-state index contributed by atoms with van der Waals surface area (Å²) in [5, 5.41) is 8.11. The number of hydrogen-bond acceptors (Lipinski definition) is 4. The van der Waals surface area contributed by atoms with E-state index in [0.29, 0.717) is 16.0 Å². The van der Waals surface area contributed by atoms with Gasteiger partial charge in [-0.3, -0.25) is 9.89 Å². The third-order valence-electron chi connectivity index (χ3n) is 3.58. The van der Waals surface area contributed by atoms with E-state index in [1.807, 2.05) is 63.8 Å². The van der Waals surface area contributed by atoms with Crippen molar-refractivity contribution < 1.29 is 4.79 Å². The molecular weight excluding hydrogens is 344 g/mol. The van der Waals surface area contributed by atoms with Crippen molar-refractivity contribution in [1.82, 2.24) is 20.1 Å². The van der Waals surface area contributed by atoms with Gasteiger partial charge in [-0.05, 0) is 58.9 Å². The first-order valence-electron chi connectivity index (χ1n) is 7.96. The Labute approximate surface area is 152 Å². The van der Waals surface area contributed by atoms with E-state index < -0.39 is 0 Å². The number of nitrogens with zero attached hydrogens (tertiary/aromatic N) is 3. The summed E-state index contributed by atoms with van der Waals surface area (Å²) in [7, 11) is 0. The number of H-pyrrole nitrogens is 1. The Hall–Kier alpha value is -1.53. The van der Waals surface area contributed by atoms with E-state index in [1.54, 1.807) is 0 Å². The molecule has 130 valence electrons. The third-order valence-corrected chi connectivity index (χ3v) is 4.78. The van der Waals surface area contributed by atoms with Crippen LogP contribution in [0, 0.1) is 0 Å². The van der Waals surface area contributed by atoms with Crippen molar-refractivity contribution in [1.29, 1.82) is 0 Å². The van der Waals surface area contributed by atoms with Gasteiger partial charge >= 0.3 is 0 Å². The number of amides is 1. The monoisotopic (exact) mass is 366 g/mol. The number of carbonyl (C=O) groups excluding carboxylic acids is 1. The van der Waals surface area contributed by atoms with Gasteiger partial charge in [0.2, 0.25) is 11.1 Å². The van der Waals surface area contributed by atoms with Crippen LogP contribution in [0.25, 0.3) is 11.4 Å². The van der Waals surface area contributed by atoms with Crippen molar-refractivity contribution in [3.05, 3.63) is 29.3 Å². The number of thioether (sulfide) groups is 1. The zero-order chi connectivity index (χ0) is 17.9. The maximum atomic E-state index is 12.7. The number of benzene rings is 1. The lowest BCUT2D eigenvalue weighted by Crippen LogP contribution is -2.45. The van der Waals surface area contributed by atoms with Crippen LogP contribution in [-0.4, -0.2) is 43.3 Å². The molecule has 1 unspecified atom stereocenters. The molecule has 0 aliphatic carbocycles. The fourth-order valence-corrected chi connectivity index (χ4v) is 3.47. The number of hydrogen-bond donors (Lipinski definition) is 1. The Morgan fingerprint density at radius 3 is 2.25 bits per heavy atom. The van der Waals surface area contributed by atoms with Crippen LogP contribution < -0.4 is 0 Å². The number of carbonyl (C=O) groups is 1. The molecule has 24 heavy (non-hydrogen) atoms. The van der Waals surface area contributed by atoms with E-state index in [0.717, 1.165) is 5.56 Å². The van der Waals surface area contributed by atoms with Gasteiger partial charge in [0.05, 0.1) is 5.25 Å². The molecular formula is C17H23ClN4OS. The number of nitrogens with one attached hydrogen (secondary N) is 1. The van der Waals surface area contributed by atoms with Gasteiger partial charge in [0.15, 0.2) is 5.82 Å². The fraction of sp³-hybridized carbons (Fsp3) is 0.471. The first-order valence-corrected chi connectivity index (χ1v) is 9.22. The Kier molecular flexibility index (Phi) is 6.29. The largest absolute Gasteiger partial charge is 0.337 e. The molecule has 1 heterocycles. The third kappa shape index (κ3) is 4.51. The molecule has 1 aromatic carbocycles. The molecule has 5 nitrogen and oxygen atoms in total. The molecule has 0 radical (unpaired) electrons. The maximum absolute atomic E-state index is 12.7. The van der Waals surface area contributed by atoms with Crippen LogP contribution in [0.2, 0.25) is 5.02 Å². The van der Waals surface area contributed by atoms with E-state index in [2.05, 4.69) is 15.2 Å². The maximum Gasteiger partial charge on any atom is 0.236 e. The molecule has 0 spiro atoms. The predicted octanol–water partition coefficient (Wildman–Crippen LogP) is 4.25. The van der Waals surface area contributed by atoms with Crippen molar-refractivity contribution in [2.45, 2.75) is 57.1 Å². The molecule has 0 aliphatic rings. The molecule has 1 amide bonds. The molecule has 1 aromatic heterocycles. The van der Waals surface area contributed by atoms with Crippen molar-refractivity contribution >= 4 is 29.3 Å². The van der Waals surface area contributed by atoms with Gasteiger partial charge in [0, 0.05) is 22.7 Å². The summed E-state index contributed by atoms with van der Waals surface area (Å²) in [5.74, 6) is 0.765. The van der Waals surface area contributed by atoms with E-state index in [-0.39, 0.29) is 23.2 Å². The van der Waals surface area contributed by atoms with Crippen molar-refractivity contribution in [3.63, 3.8) is 0 Å². The molecule has 0 aliphatic heterocycles. The second kappa shape index (κ2) is 8.03. The predicted molar refractivity (Wildman–Crippen MR) is 99.3 cm³/mol. The summed E-state index contributed by atoms with van der Waals surface area (Å²) in [5.41, 5.74) is 0.906. The zero-order valence-electron chi connectivity index (χ0n) is 14.6. The molecule has 0 fully saturated rings. The summed E-state index contributed by atoms with van der Waals surface area (Å²) in [4.78, 5) is 19.0. The van der Waals surface area contributed by atoms with E-state index in [1.165, 1.54) is 11.8 Å². The number of halogens is 1. The van der Waals surface area contributed by atoms with Gasteiger partial charge in [0.25, 0.3) is 0 Å². The van der Waals surface area contributed by atoms with Crippen molar-refractivity contribution in [3.8, 4) is 11.4 Å². The molecule has 0 saturated heterocycles. The number of aromatic nitrogens is 3. The molecule has 7 heteroatoms. The lowest BCUT2D eigenvalue weighted by atomic mass is 10.2. The van der Waals surface area contributed by atoms with Crippen LogP contribution in [0.1, 0.15) is 34.6 Å². The van der Waals surface area contributed by atoms with E-state index in [4.69, 9.17) is 11.6 Å². The standard InChI is InChI=1S/C17H23ClN4OS/c1-10(2)22(11(3)4)16(23)12(5)24-17-19-15(20-21-17)13-6-8-14(18)9-7-13/h6-12H,1-5H3,(H,19,20,21). The Bertz CT molecular complexity index is 676. The molecule has 2 rings (SSSR count). The van der Waals surface area contributed by atoms with Gasteiger partial charge in [0.1, 0.15) is 0 Å². The Balaban J connectivity index is 2.08. The minimum absolute atomic E-state index is 0.0999. The SMILES string of the molecule is CC(Sc1n[nH]c(-c2ccc(Cl)cc2)n1)C(=O)N(C(C)C)C(C)C. The summed E-state index contributed by atoms with van der Waals surface area (Å²) in [6.45, 7) is 10.0. The average Bonchev–Trinajstić information content (AvgIpc) is 2.95. The smallest absolute Gasteiger partial charge is 0.236 e. The second-order valence-electron chi connectivity index (χ2n) is 6.17. The summed E-state index contributed by atoms with van der Waals surface area (Å²) < 4.78 is 0. The van der Waals surface area contributed by atoms with Gasteiger partial charge in [-0.2, -0.15) is 0 Å². The van der Waals surface area contributed by atoms with Crippen LogP contribution in [0.3, 0.4) is 0 Å². The number of rotatable bonds is 6. The van der Waals surface area contributed by atoms with Crippen molar-refractivity contribution in [2.75, 3.05) is 0 Å². The van der Waals surface area contributed by atoms with Gasteiger partial charge in [-0.25, -0.2) is 4.98 Å². The second-order valence-corrected chi connectivity index (χ2v) is 7.91. The van der Waals surface area contributed by atoms with Crippen molar-refractivity contribution in [2.24, 2.45) is 0 Å². The quantitative estimate of drug-likeness (QED) is 0.776. The van der Waals surface area contributed by atoms with Crippen LogP contribution in [0.4, 0.5) is 0 Å². The summed E-state index contributed by atoms with van der Waals surface area (Å²) in [6, 6.07) is 7.70. The normalized spacial score (nSPS) is 12.7. The Morgan fingerprint density at radius 1 is 1.12 bits per heavy atom. The lowest BCUT2D eigenvalue weighted by molar-refractivity contribution is -0.133. The summed E-state index contributed by atoms with van der Waals surface area (Å²) >= 11 is 7.26. The minimum Gasteiger partial charge on any atom is -0.337 e. The Morgan fingerprint density at radius 2 is 1.71 bits per heavy atom. The average molecular weight is 367 g/mol. The molecule has 0 bridgehead atoms. The van der Waals surface area contributed by atoms with Crippen LogP contribution in [0.15, 0.2) is 29.4 Å². The first kappa shape index (κ1) is 18.8. The topological polar surface area (TPSA) is 61.9 Å². The van der Waals surface area contributed by atoms with Crippen LogP contribution in [-0.2, 0) is 4.79 Å². The zero-order valence-corrected chi connectivity index (χ0v) is 16.1. The van der Waals surface area contributed by atoms with Crippen LogP contribution >= 0.6 is 23.4 Å². The minimum atomic E-state index is -0.247. The first-order chi connectivity index (χ1) is 11.3. The van der Waals surface area contributed by atoms with Gasteiger partial charge in [-0.1, -0.05) is 23.4 Å². The van der Waals surface area contributed by atoms with Gasteiger partial charge < -0.3 is 4.90 Å². The fourth-order valence-electron chi connectivity index (χ4n) is 2.56. The van der Waals surface area contributed by atoms with Crippen LogP contribution in [0.5, 0.6) is 0 Å². The molecule has 2 aromatic rings.